The Morgan fingerprint density at radius 1 is 1.14 bits per heavy atom. The van der Waals surface area contributed by atoms with Gasteiger partial charge < -0.3 is 10.6 Å². The number of nitrogens with one attached hydrogen (secondary N) is 2. The summed E-state index contributed by atoms with van der Waals surface area (Å²) in [7, 11) is 0. The molecule has 0 fully saturated rings. The zero-order valence-electron chi connectivity index (χ0n) is 12.2. The fraction of sp³-hybridized carbons (Fsp3) is 0.235. The number of amides is 2. The second kappa shape index (κ2) is 6.88. The van der Waals surface area contributed by atoms with Gasteiger partial charge in [0, 0.05) is 12.2 Å². The highest BCUT2D eigenvalue weighted by Crippen LogP contribution is 2.11. The van der Waals surface area contributed by atoms with Crippen molar-refractivity contribution in [3.63, 3.8) is 0 Å². The summed E-state index contributed by atoms with van der Waals surface area (Å²) in [6.45, 7) is 4.26. The first-order valence-corrected chi connectivity index (χ1v) is 6.97. The summed E-state index contributed by atoms with van der Waals surface area (Å²) in [5.41, 5.74) is 3.67. The molecule has 0 saturated heterocycles. The van der Waals surface area contributed by atoms with Crippen LogP contribution < -0.4 is 10.6 Å². The van der Waals surface area contributed by atoms with Gasteiger partial charge in [-0.1, -0.05) is 25.1 Å². The van der Waals surface area contributed by atoms with Gasteiger partial charge in [0.05, 0.1) is 0 Å². The minimum absolute atomic E-state index is 0.294. The van der Waals surface area contributed by atoms with E-state index in [4.69, 9.17) is 0 Å². The van der Waals surface area contributed by atoms with Gasteiger partial charge in [0.25, 0.3) is 0 Å². The third-order valence-electron chi connectivity index (χ3n) is 3.37. The Morgan fingerprint density at radius 2 is 1.86 bits per heavy atom. The lowest BCUT2D eigenvalue weighted by molar-refractivity contribution is 0.251. The van der Waals surface area contributed by atoms with Crippen LogP contribution in [0.15, 0.2) is 42.5 Å². The van der Waals surface area contributed by atoms with Gasteiger partial charge in [0.2, 0.25) is 0 Å². The molecule has 2 rings (SSSR count). The molecule has 0 aliphatic carbocycles. The summed E-state index contributed by atoms with van der Waals surface area (Å²) >= 11 is 0. The number of halogens is 1. The lowest BCUT2D eigenvalue weighted by Gasteiger charge is -2.10. The summed E-state index contributed by atoms with van der Waals surface area (Å²) in [6.07, 6.45) is 0.964. The first-order chi connectivity index (χ1) is 10.1. The van der Waals surface area contributed by atoms with Gasteiger partial charge in [-0.25, -0.2) is 9.18 Å². The predicted molar refractivity (Wildman–Crippen MR) is 82.8 cm³/mol. The summed E-state index contributed by atoms with van der Waals surface area (Å²) in [5.74, 6) is -0.298. The quantitative estimate of drug-likeness (QED) is 0.875. The van der Waals surface area contributed by atoms with E-state index in [1.807, 2.05) is 31.2 Å². The normalized spacial score (nSPS) is 10.2. The number of hydrogen-bond donors (Lipinski definition) is 2. The molecule has 0 spiro atoms. The van der Waals surface area contributed by atoms with Gasteiger partial charge in [-0.3, -0.25) is 0 Å². The molecule has 2 N–H and O–H groups in total. The Morgan fingerprint density at radius 3 is 2.52 bits per heavy atom. The Bertz CT molecular complexity index is 623. The van der Waals surface area contributed by atoms with Crippen molar-refractivity contribution in [1.82, 2.24) is 5.32 Å². The molecule has 0 aliphatic heterocycles. The van der Waals surface area contributed by atoms with Crippen LogP contribution in [0.4, 0.5) is 14.9 Å². The van der Waals surface area contributed by atoms with Crippen molar-refractivity contribution in [1.29, 1.82) is 0 Å². The number of anilines is 1. The van der Waals surface area contributed by atoms with E-state index in [1.165, 1.54) is 17.7 Å². The SMILES string of the molecule is CCc1ccc(NC(=O)NCc2cc(F)ccc2C)cc1. The number of carbonyl (C=O) groups excluding carboxylic acids is 1. The second-order valence-corrected chi connectivity index (χ2v) is 4.93. The lowest BCUT2D eigenvalue weighted by atomic mass is 10.1. The molecule has 0 atom stereocenters. The number of carbonyl (C=O) groups is 1. The smallest absolute Gasteiger partial charge is 0.319 e. The van der Waals surface area contributed by atoms with E-state index >= 15 is 0 Å². The van der Waals surface area contributed by atoms with E-state index in [2.05, 4.69) is 17.6 Å². The van der Waals surface area contributed by atoms with E-state index in [0.29, 0.717) is 6.54 Å². The average Bonchev–Trinajstić information content (AvgIpc) is 2.49. The predicted octanol–water partition coefficient (Wildman–Crippen LogP) is 4.02. The molecule has 2 amide bonds. The minimum atomic E-state index is -0.303. The zero-order valence-corrected chi connectivity index (χ0v) is 12.2. The molecule has 0 aliphatic rings. The Balaban J connectivity index is 1.91. The van der Waals surface area contributed by atoms with Crippen LogP contribution in [0.5, 0.6) is 0 Å². The van der Waals surface area contributed by atoms with Gasteiger partial charge in [-0.05, 0) is 54.3 Å². The van der Waals surface area contributed by atoms with Crippen molar-refractivity contribution in [3.8, 4) is 0 Å². The third-order valence-corrected chi connectivity index (χ3v) is 3.37. The van der Waals surface area contributed by atoms with Crippen molar-refractivity contribution in [2.45, 2.75) is 26.8 Å². The average molecular weight is 286 g/mol. The number of hydrogen-bond acceptors (Lipinski definition) is 1. The zero-order chi connectivity index (χ0) is 15.2. The van der Waals surface area contributed by atoms with E-state index < -0.39 is 0 Å². The van der Waals surface area contributed by atoms with Gasteiger partial charge in [0.1, 0.15) is 5.82 Å². The van der Waals surface area contributed by atoms with Crippen LogP contribution in [0.1, 0.15) is 23.6 Å². The number of urea groups is 1. The summed E-state index contributed by atoms with van der Waals surface area (Å²) in [5, 5.41) is 5.48. The first kappa shape index (κ1) is 15.0. The Hall–Kier alpha value is -2.36. The van der Waals surface area contributed by atoms with Crippen molar-refractivity contribution in [3.05, 3.63) is 65.0 Å². The molecular weight excluding hydrogens is 267 g/mol. The highest BCUT2D eigenvalue weighted by atomic mass is 19.1. The third kappa shape index (κ3) is 4.31. The van der Waals surface area contributed by atoms with E-state index in [-0.39, 0.29) is 11.8 Å². The number of benzene rings is 2. The molecule has 2 aromatic carbocycles. The minimum Gasteiger partial charge on any atom is -0.334 e. The van der Waals surface area contributed by atoms with Gasteiger partial charge >= 0.3 is 6.03 Å². The molecule has 3 nitrogen and oxygen atoms in total. The molecule has 0 unspecified atom stereocenters. The first-order valence-electron chi connectivity index (χ1n) is 6.97. The van der Waals surface area contributed by atoms with Crippen LogP contribution in [0.25, 0.3) is 0 Å². The van der Waals surface area contributed by atoms with Crippen LogP contribution >= 0.6 is 0 Å². The molecular formula is C17H19FN2O. The van der Waals surface area contributed by atoms with Crippen LogP contribution in [0, 0.1) is 12.7 Å². The highest BCUT2D eigenvalue weighted by molar-refractivity contribution is 5.89. The van der Waals surface area contributed by atoms with Crippen LogP contribution in [-0.4, -0.2) is 6.03 Å². The summed E-state index contributed by atoms with van der Waals surface area (Å²) in [6, 6.07) is 11.9. The molecule has 4 heteroatoms. The van der Waals surface area contributed by atoms with Crippen molar-refractivity contribution >= 4 is 11.7 Å². The molecule has 0 radical (unpaired) electrons. The second-order valence-electron chi connectivity index (χ2n) is 4.93. The van der Waals surface area contributed by atoms with Crippen molar-refractivity contribution in [2.75, 3.05) is 5.32 Å². The number of rotatable bonds is 4. The maximum absolute atomic E-state index is 13.2. The van der Waals surface area contributed by atoms with E-state index in [0.717, 1.165) is 23.2 Å². The largest absolute Gasteiger partial charge is 0.334 e. The maximum atomic E-state index is 13.2. The Kier molecular flexibility index (Phi) is 4.93. The standard InChI is InChI=1S/C17H19FN2O/c1-3-13-5-8-16(9-6-13)20-17(21)19-11-14-10-15(18)7-4-12(14)2/h4-10H,3,11H2,1-2H3,(H2,19,20,21). The maximum Gasteiger partial charge on any atom is 0.319 e. The van der Waals surface area contributed by atoms with Crippen molar-refractivity contribution in [2.24, 2.45) is 0 Å². The molecule has 0 bridgehead atoms. The van der Waals surface area contributed by atoms with Gasteiger partial charge in [0.15, 0.2) is 0 Å². The van der Waals surface area contributed by atoms with Gasteiger partial charge in [-0.2, -0.15) is 0 Å². The van der Waals surface area contributed by atoms with E-state index in [9.17, 15) is 9.18 Å². The molecule has 2 aromatic rings. The monoisotopic (exact) mass is 286 g/mol. The van der Waals surface area contributed by atoms with Crippen molar-refractivity contribution < 1.29 is 9.18 Å². The molecule has 21 heavy (non-hydrogen) atoms. The van der Waals surface area contributed by atoms with Gasteiger partial charge in [-0.15, -0.1) is 0 Å². The van der Waals surface area contributed by atoms with E-state index in [1.54, 1.807) is 6.07 Å². The topological polar surface area (TPSA) is 41.1 Å². The lowest BCUT2D eigenvalue weighted by Crippen LogP contribution is -2.28. The fourth-order valence-corrected chi connectivity index (χ4v) is 2.01. The highest BCUT2D eigenvalue weighted by Gasteiger charge is 2.04. The molecule has 0 heterocycles. The molecule has 0 aromatic heterocycles. The van der Waals surface area contributed by atoms with Crippen LogP contribution in [-0.2, 0) is 13.0 Å². The molecule has 110 valence electrons. The van der Waals surface area contributed by atoms with Crippen LogP contribution in [0.3, 0.4) is 0 Å². The summed E-state index contributed by atoms with van der Waals surface area (Å²) in [4.78, 5) is 11.8. The summed E-state index contributed by atoms with van der Waals surface area (Å²) < 4.78 is 13.2. The molecule has 0 saturated carbocycles. The van der Waals surface area contributed by atoms with Crippen LogP contribution in [0.2, 0.25) is 0 Å². The Labute approximate surface area is 124 Å². The fourth-order valence-electron chi connectivity index (χ4n) is 2.01. The number of aryl methyl sites for hydroxylation is 2.